The molecule has 2 aromatic carbocycles. The predicted octanol–water partition coefficient (Wildman–Crippen LogP) is 4.48. The minimum absolute atomic E-state index is 0.214. The van der Waals surface area contributed by atoms with Crippen molar-refractivity contribution in [3.63, 3.8) is 0 Å². The molecule has 2 aromatic rings. The second kappa shape index (κ2) is 5.32. The fraction of sp³-hybridized carbons (Fsp3) is 0.143. The molecule has 0 bridgehead atoms. The van der Waals surface area contributed by atoms with Gasteiger partial charge in [0.05, 0.1) is 0 Å². The second-order valence-electron chi connectivity index (χ2n) is 3.82. The van der Waals surface area contributed by atoms with Crippen molar-refractivity contribution in [2.45, 2.75) is 13.5 Å². The molecule has 0 aliphatic rings. The zero-order valence-electron chi connectivity index (χ0n) is 9.41. The van der Waals surface area contributed by atoms with Crippen molar-refractivity contribution in [2.24, 2.45) is 0 Å². The summed E-state index contributed by atoms with van der Waals surface area (Å²) in [6.45, 7) is 2.32. The Bertz CT molecular complexity index is 525. The predicted molar refractivity (Wildman–Crippen MR) is 69.6 cm³/mol. The van der Waals surface area contributed by atoms with E-state index in [0.29, 0.717) is 6.61 Å². The van der Waals surface area contributed by atoms with Crippen LogP contribution in [0.2, 0.25) is 0 Å². The van der Waals surface area contributed by atoms with Crippen molar-refractivity contribution in [1.82, 2.24) is 0 Å². The number of benzene rings is 2. The Kier molecular flexibility index (Phi) is 3.79. The van der Waals surface area contributed by atoms with Crippen LogP contribution in [0.15, 0.2) is 46.9 Å². The van der Waals surface area contributed by atoms with Gasteiger partial charge < -0.3 is 4.74 Å². The van der Waals surface area contributed by atoms with Crippen molar-refractivity contribution in [1.29, 1.82) is 0 Å². The Morgan fingerprint density at radius 2 is 2.00 bits per heavy atom. The summed E-state index contributed by atoms with van der Waals surface area (Å²) in [5.74, 6) is 0.580. The van der Waals surface area contributed by atoms with Gasteiger partial charge in [0.25, 0.3) is 0 Å². The Morgan fingerprint density at radius 3 is 2.71 bits per heavy atom. The molecule has 0 heterocycles. The van der Waals surface area contributed by atoms with Crippen LogP contribution in [0.1, 0.15) is 11.1 Å². The van der Waals surface area contributed by atoms with Crippen molar-refractivity contribution < 1.29 is 9.13 Å². The molecule has 0 fully saturated rings. The standard InChI is InChI=1S/C14H12BrFO/c1-10-7-13(16)6-5-11(10)9-17-14-4-2-3-12(15)8-14/h2-8H,9H2,1H3. The lowest BCUT2D eigenvalue weighted by Gasteiger charge is -2.09. The van der Waals surface area contributed by atoms with Gasteiger partial charge in [0.1, 0.15) is 18.2 Å². The first-order chi connectivity index (χ1) is 8.15. The maximum atomic E-state index is 12.9. The smallest absolute Gasteiger partial charge is 0.123 e. The molecule has 0 saturated heterocycles. The summed E-state index contributed by atoms with van der Waals surface area (Å²) in [7, 11) is 0. The number of aryl methyl sites for hydroxylation is 1. The van der Waals surface area contributed by atoms with Gasteiger partial charge in [-0.2, -0.15) is 0 Å². The molecule has 0 N–H and O–H groups in total. The molecule has 0 atom stereocenters. The van der Waals surface area contributed by atoms with Crippen molar-refractivity contribution in [3.8, 4) is 5.75 Å². The first-order valence-electron chi connectivity index (χ1n) is 5.28. The average Bonchev–Trinajstić information content (AvgIpc) is 2.28. The van der Waals surface area contributed by atoms with E-state index in [2.05, 4.69) is 15.9 Å². The van der Waals surface area contributed by atoms with Gasteiger partial charge in [-0.05, 0) is 48.4 Å². The lowest BCUT2D eigenvalue weighted by atomic mass is 10.1. The molecule has 2 rings (SSSR count). The number of halogens is 2. The largest absolute Gasteiger partial charge is 0.489 e. The fourth-order valence-corrected chi connectivity index (χ4v) is 1.92. The van der Waals surface area contributed by atoms with E-state index in [4.69, 9.17) is 4.74 Å². The molecule has 88 valence electrons. The van der Waals surface area contributed by atoms with E-state index in [9.17, 15) is 4.39 Å². The van der Waals surface area contributed by atoms with Gasteiger partial charge in [-0.15, -0.1) is 0 Å². The molecule has 0 radical (unpaired) electrons. The fourth-order valence-electron chi connectivity index (χ4n) is 1.54. The first kappa shape index (κ1) is 12.1. The molecule has 17 heavy (non-hydrogen) atoms. The molecular formula is C14H12BrFO. The maximum absolute atomic E-state index is 12.9. The zero-order valence-corrected chi connectivity index (χ0v) is 11.0. The molecule has 0 saturated carbocycles. The molecular weight excluding hydrogens is 283 g/mol. The van der Waals surface area contributed by atoms with Crippen LogP contribution in [-0.4, -0.2) is 0 Å². The average molecular weight is 295 g/mol. The summed E-state index contributed by atoms with van der Waals surface area (Å²) < 4.78 is 19.5. The van der Waals surface area contributed by atoms with E-state index in [1.807, 2.05) is 31.2 Å². The Balaban J connectivity index is 2.07. The minimum atomic E-state index is -0.214. The SMILES string of the molecule is Cc1cc(F)ccc1COc1cccc(Br)c1. The van der Waals surface area contributed by atoms with Crippen LogP contribution in [0.3, 0.4) is 0 Å². The summed E-state index contributed by atoms with van der Waals surface area (Å²) in [4.78, 5) is 0. The first-order valence-corrected chi connectivity index (χ1v) is 6.08. The van der Waals surface area contributed by atoms with Crippen LogP contribution < -0.4 is 4.74 Å². The summed E-state index contributed by atoms with van der Waals surface area (Å²) in [5.41, 5.74) is 1.89. The second-order valence-corrected chi connectivity index (χ2v) is 4.73. The summed E-state index contributed by atoms with van der Waals surface area (Å²) in [5, 5.41) is 0. The van der Waals surface area contributed by atoms with E-state index in [-0.39, 0.29) is 5.82 Å². The van der Waals surface area contributed by atoms with Crippen LogP contribution in [0, 0.1) is 12.7 Å². The summed E-state index contributed by atoms with van der Waals surface area (Å²) in [6.07, 6.45) is 0. The van der Waals surface area contributed by atoms with Gasteiger partial charge in [0.15, 0.2) is 0 Å². The van der Waals surface area contributed by atoms with E-state index in [1.54, 1.807) is 6.07 Å². The van der Waals surface area contributed by atoms with Crippen LogP contribution in [0.5, 0.6) is 5.75 Å². The van der Waals surface area contributed by atoms with Gasteiger partial charge in [-0.1, -0.05) is 28.1 Å². The van der Waals surface area contributed by atoms with E-state index in [1.165, 1.54) is 12.1 Å². The third-order valence-corrected chi connectivity index (χ3v) is 2.99. The monoisotopic (exact) mass is 294 g/mol. The third kappa shape index (κ3) is 3.30. The van der Waals surface area contributed by atoms with Gasteiger partial charge in [0.2, 0.25) is 0 Å². The van der Waals surface area contributed by atoms with Gasteiger partial charge in [0, 0.05) is 4.47 Å². The number of ether oxygens (including phenoxy) is 1. The Morgan fingerprint density at radius 1 is 1.18 bits per heavy atom. The van der Waals surface area contributed by atoms with Crippen LogP contribution >= 0.6 is 15.9 Å². The van der Waals surface area contributed by atoms with Gasteiger partial charge in [-0.25, -0.2) is 4.39 Å². The van der Waals surface area contributed by atoms with Crippen LogP contribution in [0.4, 0.5) is 4.39 Å². The highest BCUT2D eigenvalue weighted by Crippen LogP contribution is 2.19. The van der Waals surface area contributed by atoms with Gasteiger partial charge in [-0.3, -0.25) is 0 Å². The molecule has 0 aliphatic carbocycles. The molecule has 0 amide bonds. The van der Waals surface area contributed by atoms with Crippen molar-refractivity contribution in [3.05, 3.63) is 63.9 Å². The summed E-state index contributed by atoms with van der Waals surface area (Å²) >= 11 is 3.38. The number of hydrogen-bond donors (Lipinski definition) is 0. The molecule has 0 unspecified atom stereocenters. The lowest BCUT2D eigenvalue weighted by Crippen LogP contribution is -1.98. The zero-order chi connectivity index (χ0) is 12.3. The Hall–Kier alpha value is -1.35. The Labute approximate surface area is 108 Å². The van der Waals surface area contributed by atoms with Crippen molar-refractivity contribution >= 4 is 15.9 Å². The highest BCUT2D eigenvalue weighted by atomic mass is 79.9. The molecule has 0 aromatic heterocycles. The van der Waals surface area contributed by atoms with Crippen molar-refractivity contribution in [2.75, 3.05) is 0 Å². The quantitative estimate of drug-likeness (QED) is 0.811. The van der Waals surface area contributed by atoms with E-state index < -0.39 is 0 Å². The van der Waals surface area contributed by atoms with Crippen LogP contribution in [-0.2, 0) is 6.61 Å². The summed E-state index contributed by atoms with van der Waals surface area (Å²) in [6, 6.07) is 12.4. The topological polar surface area (TPSA) is 9.23 Å². The molecule has 0 spiro atoms. The lowest BCUT2D eigenvalue weighted by molar-refractivity contribution is 0.305. The van der Waals surface area contributed by atoms with Crippen LogP contribution in [0.25, 0.3) is 0 Å². The van der Waals surface area contributed by atoms with Gasteiger partial charge >= 0.3 is 0 Å². The van der Waals surface area contributed by atoms with E-state index in [0.717, 1.165) is 21.3 Å². The third-order valence-electron chi connectivity index (χ3n) is 2.50. The van der Waals surface area contributed by atoms with E-state index >= 15 is 0 Å². The minimum Gasteiger partial charge on any atom is -0.489 e. The molecule has 3 heteroatoms. The molecule has 1 nitrogen and oxygen atoms in total. The number of rotatable bonds is 3. The number of hydrogen-bond acceptors (Lipinski definition) is 1. The maximum Gasteiger partial charge on any atom is 0.123 e. The molecule has 0 aliphatic heterocycles. The normalized spacial score (nSPS) is 10.3. The highest BCUT2D eigenvalue weighted by molar-refractivity contribution is 9.10. The highest BCUT2D eigenvalue weighted by Gasteiger charge is 2.01.